The van der Waals surface area contributed by atoms with Crippen molar-refractivity contribution in [1.82, 2.24) is 5.32 Å². The number of hydrogen-bond acceptors (Lipinski definition) is 1. The number of halogens is 1. The van der Waals surface area contributed by atoms with E-state index in [-0.39, 0.29) is 0 Å². The summed E-state index contributed by atoms with van der Waals surface area (Å²) in [5.41, 5.74) is 2.71. The van der Waals surface area contributed by atoms with E-state index >= 15 is 0 Å². The largest absolute Gasteiger partial charge is 0.312 e. The highest BCUT2D eigenvalue weighted by Crippen LogP contribution is 2.30. The normalized spacial score (nSPS) is 23.5. The van der Waals surface area contributed by atoms with Crippen LogP contribution in [0.4, 0.5) is 0 Å². The molecule has 1 fully saturated rings. The van der Waals surface area contributed by atoms with Gasteiger partial charge >= 0.3 is 0 Å². The van der Waals surface area contributed by atoms with Crippen LogP contribution in [0.25, 0.3) is 0 Å². The molecule has 1 aromatic rings. The fraction of sp³-hybridized carbons (Fsp3) is 0.647. The van der Waals surface area contributed by atoms with Crippen LogP contribution in [0.5, 0.6) is 0 Å². The average Bonchev–Trinajstić information content (AvgIpc) is 2.43. The zero-order chi connectivity index (χ0) is 13.7. The first kappa shape index (κ1) is 15.1. The Bertz CT molecular complexity index is 394. The highest BCUT2D eigenvalue weighted by molar-refractivity contribution is 9.10. The van der Waals surface area contributed by atoms with E-state index in [0.29, 0.717) is 0 Å². The van der Waals surface area contributed by atoms with Crippen molar-refractivity contribution in [3.05, 3.63) is 33.8 Å². The van der Waals surface area contributed by atoms with E-state index in [4.69, 9.17) is 0 Å². The molecule has 1 aliphatic carbocycles. The summed E-state index contributed by atoms with van der Waals surface area (Å²) in [5.74, 6) is 1.91. The Hall–Kier alpha value is -0.340. The molecule has 2 heteroatoms. The van der Waals surface area contributed by atoms with E-state index in [1.807, 2.05) is 0 Å². The van der Waals surface area contributed by atoms with Crippen LogP contribution < -0.4 is 5.32 Å². The molecular weight excluding hydrogens is 298 g/mol. The molecule has 0 spiro atoms. The van der Waals surface area contributed by atoms with Crippen molar-refractivity contribution < 1.29 is 0 Å². The third-order valence-corrected chi connectivity index (χ3v) is 5.42. The first-order valence-corrected chi connectivity index (χ1v) is 8.44. The number of benzene rings is 1. The Morgan fingerprint density at radius 1 is 1.16 bits per heavy atom. The van der Waals surface area contributed by atoms with Gasteiger partial charge < -0.3 is 5.32 Å². The predicted molar refractivity (Wildman–Crippen MR) is 86.3 cm³/mol. The van der Waals surface area contributed by atoms with Gasteiger partial charge in [0.15, 0.2) is 0 Å². The Kier molecular flexibility index (Phi) is 5.90. The van der Waals surface area contributed by atoms with Crippen molar-refractivity contribution in [1.29, 1.82) is 0 Å². The molecule has 0 amide bonds. The van der Waals surface area contributed by atoms with Gasteiger partial charge in [-0.25, -0.2) is 0 Å². The molecule has 1 aliphatic rings. The Balaban J connectivity index is 1.70. The number of rotatable bonds is 5. The summed E-state index contributed by atoms with van der Waals surface area (Å²) in [6.45, 7) is 6.67. The van der Waals surface area contributed by atoms with E-state index in [9.17, 15) is 0 Å². The molecule has 0 aliphatic heterocycles. The van der Waals surface area contributed by atoms with Crippen molar-refractivity contribution in [2.45, 2.75) is 52.5 Å². The molecule has 0 atom stereocenters. The minimum absolute atomic E-state index is 0.902. The minimum Gasteiger partial charge on any atom is -0.312 e. The van der Waals surface area contributed by atoms with Crippen LogP contribution in [0.3, 0.4) is 0 Å². The third-order valence-electron chi connectivity index (χ3n) is 4.53. The maximum absolute atomic E-state index is 3.64. The lowest BCUT2D eigenvalue weighted by atomic mass is 9.81. The molecule has 0 bridgehead atoms. The molecule has 0 aromatic heterocycles. The summed E-state index contributed by atoms with van der Waals surface area (Å²) in [7, 11) is 0. The fourth-order valence-corrected chi connectivity index (χ4v) is 3.33. The lowest BCUT2D eigenvalue weighted by Crippen LogP contribution is -2.26. The van der Waals surface area contributed by atoms with Crippen LogP contribution in [-0.4, -0.2) is 6.54 Å². The topological polar surface area (TPSA) is 12.0 Å². The zero-order valence-electron chi connectivity index (χ0n) is 12.2. The van der Waals surface area contributed by atoms with E-state index in [0.717, 1.165) is 18.4 Å². The SMILES string of the molecule is CCC1CCC(CNCc2ccc(Br)c(C)c2)CC1. The van der Waals surface area contributed by atoms with Gasteiger partial charge in [0.2, 0.25) is 0 Å². The van der Waals surface area contributed by atoms with Gasteiger partial charge in [0.25, 0.3) is 0 Å². The second-order valence-corrected chi connectivity index (χ2v) is 6.86. The monoisotopic (exact) mass is 323 g/mol. The molecule has 0 radical (unpaired) electrons. The van der Waals surface area contributed by atoms with Gasteiger partial charge in [-0.05, 0) is 55.3 Å². The summed E-state index contributed by atoms with van der Waals surface area (Å²) in [6, 6.07) is 6.63. The molecule has 106 valence electrons. The number of nitrogens with one attached hydrogen (secondary N) is 1. The van der Waals surface area contributed by atoms with Crippen LogP contribution in [0.15, 0.2) is 22.7 Å². The van der Waals surface area contributed by atoms with Crippen LogP contribution in [0, 0.1) is 18.8 Å². The molecule has 2 rings (SSSR count). The van der Waals surface area contributed by atoms with Gasteiger partial charge in [-0.2, -0.15) is 0 Å². The maximum Gasteiger partial charge on any atom is 0.0205 e. The highest BCUT2D eigenvalue weighted by Gasteiger charge is 2.19. The molecule has 0 heterocycles. The Morgan fingerprint density at radius 3 is 2.47 bits per heavy atom. The van der Waals surface area contributed by atoms with Crippen LogP contribution in [-0.2, 0) is 6.54 Å². The van der Waals surface area contributed by atoms with E-state index < -0.39 is 0 Å². The van der Waals surface area contributed by atoms with Crippen molar-refractivity contribution in [3.8, 4) is 0 Å². The summed E-state index contributed by atoms with van der Waals surface area (Å²) in [6.07, 6.45) is 7.11. The van der Waals surface area contributed by atoms with Gasteiger partial charge in [0.05, 0.1) is 0 Å². The molecular formula is C17H26BrN. The van der Waals surface area contributed by atoms with Crippen molar-refractivity contribution in [2.24, 2.45) is 11.8 Å². The van der Waals surface area contributed by atoms with Crippen molar-refractivity contribution in [2.75, 3.05) is 6.54 Å². The van der Waals surface area contributed by atoms with Crippen LogP contribution >= 0.6 is 15.9 Å². The lowest BCUT2D eigenvalue weighted by molar-refractivity contribution is 0.262. The van der Waals surface area contributed by atoms with E-state index in [2.05, 4.69) is 53.3 Å². The van der Waals surface area contributed by atoms with Gasteiger partial charge in [-0.15, -0.1) is 0 Å². The number of aryl methyl sites for hydroxylation is 1. The molecule has 1 N–H and O–H groups in total. The second-order valence-electron chi connectivity index (χ2n) is 6.01. The Labute approximate surface area is 126 Å². The second kappa shape index (κ2) is 7.44. The summed E-state index contributed by atoms with van der Waals surface area (Å²) in [4.78, 5) is 0. The van der Waals surface area contributed by atoms with Crippen molar-refractivity contribution in [3.63, 3.8) is 0 Å². The van der Waals surface area contributed by atoms with Gasteiger partial charge in [-0.3, -0.25) is 0 Å². The first-order chi connectivity index (χ1) is 9.19. The van der Waals surface area contributed by atoms with Gasteiger partial charge in [0.1, 0.15) is 0 Å². The molecule has 0 unspecified atom stereocenters. The molecule has 1 aromatic carbocycles. The zero-order valence-corrected chi connectivity index (χ0v) is 13.8. The molecule has 0 saturated heterocycles. The fourth-order valence-electron chi connectivity index (χ4n) is 3.08. The van der Waals surface area contributed by atoms with Gasteiger partial charge in [-0.1, -0.05) is 54.2 Å². The lowest BCUT2D eigenvalue weighted by Gasteiger charge is -2.28. The van der Waals surface area contributed by atoms with Gasteiger partial charge in [0, 0.05) is 11.0 Å². The quantitative estimate of drug-likeness (QED) is 0.798. The Morgan fingerprint density at radius 2 is 1.84 bits per heavy atom. The summed E-state index contributed by atoms with van der Waals surface area (Å²) in [5, 5.41) is 3.64. The van der Waals surface area contributed by atoms with E-state index in [1.54, 1.807) is 0 Å². The summed E-state index contributed by atoms with van der Waals surface area (Å²) < 4.78 is 1.20. The molecule has 1 nitrogen and oxygen atoms in total. The molecule has 1 saturated carbocycles. The maximum atomic E-state index is 3.64. The standard InChI is InChI=1S/C17H26BrN/c1-3-14-4-6-15(7-5-14)11-19-12-16-8-9-17(18)13(2)10-16/h8-10,14-15,19H,3-7,11-12H2,1-2H3. The predicted octanol–water partition coefficient (Wildman–Crippen LogP) is 5.06. The minimum atomic E-state index is 0.902. The summed E-state index contributed by atoms with van der Waals surface area (Å²) >= 11 is 3.55. The first-order valence-electron chi connectivity index (χ1n) is 7.64. The smallest absolute Gasteiger partial charge is 0.0205 e. The molecule has 19 heavy (non-hydrogen) atoms. The van der Waals surface area contributed by atoms with Crippen LogP contribution in [0.1, 0.15) is 50.2 Å². The van der Waals surface area contributed by atoms with E-state index in [1.165, 1.54) is 54.2 Å². The van der Waals surface area contributed by atoms with Crippen LogP contribution in [0.2, 0.25) is 0 Å². The number of hydrogen-bond donors (Lipinski definition) is 1. The third kappa shape index (κ3) is 4.61. The highest BCUT2D eigenvalue weighted by atomic mass is 79.9. The average molecular weight is 324 g/mol. The van der Waals surface area contributed by atoms with Crippen molar-refractivity contribution >= 4 is 15.9 Å².